The molecule has 2 aromatic rings. The number of benzene rings is 1. The van der Waals surface area contributed by atoms with E-state index < -0.39 is 0 Å². The quantitative estimate of drug-likeness (QED) is 0.793. The predicted octanol–water partition coefficient (Wildman–Crippen LogP) is 3.86. The van der Waals surface area contributed by atoms with Crippen molar-refractivity contribution in [3.05, 3.63) is 59.9 Å². The van der Waals surface area contributed by atoms with Gasteiger partial charge >= 0.3 is 0 Å². The molecular formula is C16H19NO. The molecule has 1 aromatic heterocycles. The molecule has 0 aliphatic carbocycles. The zero-order valence-electron chi connectivity index (χ0n) is 11.0. The molecular weight excluding hydrogens is 222 g/mol. The molecule has 94 valence electrons. The normalized spacial score (nSPS) is 10.6. The fourth-order valence-corrected chi connectivity index (χ4v) is 1.82. The smallest absolute Gasteiger partial charge is 0.123 e. The highest BCUT2D eigenvalue weighted by Crippen LogP contribution is 2.15. The highest BCUT2D eigenvalue weighted by Gasteiger charge is 2.01. The lowest BCUT2D eigenvalue weighted by molar-refractivity contribution is 0.305. The maximum Gasteiger partial charge on any atom is 0.123 e. The van der Waals surface area contributed by atoms with Crippen LogP contribution in [-0.4, -0.2) is 4.98 Å². The van der Waals surface area contributed by atoms with Crippen LogP contribution in [0.2, 0.25) is 0 Å². The van der Waals surface area contributed by atoms with Gasteiger partial charge < -0.3 is 4.74 Å². The number of aromatic nitrogens is 1. The van der Waals surface area contributed by atoms with E-state index in [0.29, 0.717) is 12.5 Å². The van der Waals surface area contributed by atoms with Gasteiger partial charge in [0.1, 0.15) is 12.4 Å². The number of ether oxygens (including phenoxy) is 1. The first-order valence-electron chi connectivity index (χ1n) is 6.35. The highest BCUT2D eigenvalue weighted by atomic mass is 16.5. The molecule has 0 radical (unpaired) electrons. The van der Waals surface area contributed by atoms with Gasteiger partial charge in [-0.3, -0.25) is 4.98 Å². The number of nitrogens with zero attached hydrogens (tertiary/aromatic N) is 1. The molecule has 2 rings (SSSR count). The molecule has 0 aliphatic rings. The largest absolute Gasteiger partial charge is 0.489 e. The molecule has 0 unspecified atom stereocenters. The molecule has 0 amide bonds. The summed E-state index contributed by atoms with van der Waals surface area (Å²) in [5.41, 5.74) is 2.27. The Labute approximate surface area is 109 Å². The van der Waals surface area contributed by atoms with Gasteiger partial charge in [0.25, 0.3) is 0 Å². The summed E-state index contributed by atoms with van der Waals surface area (Å²) in [7, 11) is 0. The molecule has 0 spiro atoms. The Morgan fingerprint density at radius 1 is 1.11 bits per heavy atom. The first kappa shape index (κ1) is 12.6. The van der Waals surface area contributed by atoms with Crippen molar-refractivity contribution in [1.29, 1.82) is 0 Å². The molecule has 2 nitrogen and oxygen atoms in total. The summed E-state index contributed by atoms with van der Waals surface area (Å²) in [6.07, 6.45) is 2.81. The number of hydrogen-bond donors (Lipinski definition) is 0. The van der Waals surface area contributed by atoms with Crippen LogP contribution >= 0.6 is 0 Å². The number of rotatable bonds is 5. The number of hydrogen-bond acceptors (Lipinski definition) is 2. The molecule has 0 saturated carbocycles. The second-order valence-corrected chi connectivity index (χ2v) is 4.86. The molecule has 0 N–H and O–H groups in total. The average Bonchev–Trinajstić information content (AvgIpc) is 2.37. The van der Waals surface area contributed by atoms with E-state index in [2.05, 4.69) is 31.0 Å². The SMILES string of the molecule is CC(C)Cc1cc(OCc2ccccc2)ccn1. The van der Waals surface area contributed by atoms with Crippen LogP contribution in [0.25, 0.3) is 0 Å². The van der Waals surface area contributed by atoms with E-state index in [9.17, 15) is 0 Å². The van der Waals surface area contributed by atoms with Crippen molar-refractivity contribution in [2.45, 2.75) is 26.9 Å². The molecule has 1 heterocycles. The minimum atomic E-state index is 0.603. The maximum atomic E-state index is 5.77. The summed E-state index contributed by atoms with van der Waals surface area (Å²) in [6, 6.07) is 14.1. The molecule has 0 atom stereocenters. The minimum Gasteiger partial charge on any atom is -0.489 e. The molecule has 0 fully saturated rings. The third-order valence-electron chi connectivity index (χ3n) is 2.65. The summed E-state index contributed by atoms with van der Waals surface area (Å²) < 4.78 is 5.77. The lowest BCUT2D eigenvalue weighted by Crippen LogP contribution is -1.99. The van der Waals surface area contributed by atoms with Crippen LogP contribution in [0.3, 0.4) is 0 Å². The van der Waals surface area contributed by atoms with Crippen LogP contribution in [0.15, 0.2) is 48.7 Å². The number of pyridine rings is 1. The molecule has 1 aromatic carbocycles. The topological polar surface area (TPSA) is 22.1 Å². The summed E-state index contributed by atoms with van der Waals surface area (Å²) in [4.78, 5) is 4.35. The Balaban J connectivity index is 1.97. The summed E-state index contributed by atoms with van der Waals surface area (Å²) in [6.45, 7) is 4.99. The Morgan fingerprint density at radius 2 is 1.89 bits per heavy atom. The van der Waals surface area contributed by atoms with Crippen molar-refractivity contribution >= 4 is 0 Å². The Hall–Kier alpha value is -1.83. The van der Waals surface area contributed by atoms with Crippen molar-refractivity contribution < 1.29 is 4.74 Å². The molecule has 0 aliphatic heterocycles. The van der Waals surface area contributed by atoms with E-state index >= 15 is 0 Å². The first-order valence-corrected chi connectivity index (χ1v) is 6.35. The van der Waals surface area contributed by atoms with E-state index in [1.807, 2.05) is 36.5 Å². The summed E-state index contributed by atoms with van der Waals surface area (Å²) in [5.74, 6) is 1.51. The van der Waals surface area contributed by atoms with Gasteiger partial charge in [-0.05, 0) is 24.0 Å². The standard InChI is InChI=1S/C16H19NO/c1-13(2)10-15-11-16(8-9-17-15)18-12-14-6-4-3-5-7-14/h3-9,11,13H,10,12H2,1-2H3. The van der Waals surface area contributed by atoms with Gasteiger partial charge in [-0.15, -0.1) is 0 Å². The van der Waals surface area contributed by atoms with Gasteiger partial charge in [0.15, 0.2) is 0 Å². The van der Waals surface area contributed by atoms with E-state index in [4.69, 9.17) is 4.74 Å². The van der Waals surface area contributed by atoms with E-state index in [-0.39, 0.29) is 0 Å². The molecule has 18 heavy (non-hydrogen) atoms. The third kappa shape index (κ3) is 3.88. The van der Waals surface area contributed by atoms with Gasteiger partial charge in [-0.2, -0.15) is 0 Å². The average molecular weight is 241 g/mol. The molecule has 0 saturated heterocycles. The summed E-state index contributed by atoms with van der Waals surface area (Å²) in [5, 5.41) is 0. The van der Waals surface area contributed by atoms with Crippen LogP contribution in [0.4, 0.5) is 0 Å². The van der Waals surface area contributed by atoms with Crippen molar-refractivity contribution in [2.75, 3.05) is 0 Å². The second-order valence-electron chi connectivity index (χ2n) is 4.86. The van der Waals surface area contributed by atoms with Crippen LogP contribution in [-0.2, 0) is 13.0 Å². The maximum absolute atomic E-state index is 5.77. The van der Waals surface area contributed by atoms with Gasteiger partial charge in [0.05, 0.1) is 0 Å². The van der Waals surface area contributed by atoms with Gasteiger partial charge in [0, 0.05) is 18.0 Å². The molecule has 0 bridgehead atoms. The summed E-state index contributed by atoms with van der Waals surface area (Å²) >= 11 is 0. The van der Waals surface area contributed by atoms with Crippen molar-refractivity contribution in [3.63, 3.8) is 0 Å². The van der Waals surface area contributed by atoms with Crippen molar-refractivity contribution in [1.82, 2.24) is 4.98 Å². The second kappa shape index (κ2) is 6.20. The molecule has 2 heteroatoms. The Morgan fingerprint density at radius 3 is 2.61 bits per heavy atom. The zero-order chi connectivity index (χ0) is 12.8. The fourth-order valence-electron chi connectivity index (χ4n) is 1.82. The first-order chi connectivity index (χ1) is 8.74. The fraction of sp³-hybridized carbons (Fsp3) is 0.312. The van der Waals surface area contributed by atoms with Crippen molar-refractivity contribution in [2.24, 2.45) is 5.92 Å². The van der Waals surface area contributed by atoms with Crippen LogP contribution in [0.1, 0.15) is 25.1 Å². The Kier molecular flexibility index (Phi) is 4.35. The lowest BCUT2D eigenvalue weighted by Gasteiger charge is -2.08. The van der Waals surface area contributed by atoms with E-state index in [0.717, 1.165) is 17.9 Å². The minimum absolute atomic E-state index is 0.603. The Bertz CT molecular complexity index is 479. The third-order valence-corrected chi connectivity index (χ3v) is 2.65. The predicted molar refractivity (Wildman–Crippen MR) is 73.6 cm³/mol. The van der Waals surface area contributed by atoms with E-state index in [1.54, 1.807) is 0 Å². The van der Waals surface area contributed by atoms with Crippen molar-refractivity contribution in [3.8, 4) is 5.75 Å². The van der Waals surface area contributed by atoms with Gasteiger partial charge in [0.2, 0.25) is 0 Å². The van der Waals surface area contributed by atoms with Crippen LogP contribution in [0, 0.1) is 5.92 Å². The lowest BCUT2D eigenvalue weighted by atomic mass is 10.1. The monoisotopic (exact) mass is 241 g/mol. The van der Waals surface area contributed by atoms with E-state index in [1.165, 1.54) is 5.56 Å². The highest BCUT2D eigenvalue weighted by molar-refractivity contribution is 5.24. The van der Waals surface area contributed by atoms with Gasteiger partial charge in [-0.1, -0.05) is 44.2 Å². The van der Waals surface area contributed by atoms with Crippen LogP contribution in [0.5, 0.6) is 5.75 Å². The van der Waals surface area contributed by atoms with Crippen LogP contribution < -0.4 is 4.74 Å². The van der Waals surface area contributed by atoms with Gasteiger partial charge in [-0.25, -0.2) is 0 Å². The zero-order valence-corrected chi connectivity index (χ0v) is 11.0.